The molecule has 0 N–H and O–H groups in total. The minimum atomic E-state index is 0.268. The molecule has 70 valence electrons. The van der Waals surface area contributed by atoms with E-state index in [9.17, 15) is 0 Å². The quantitative estimate of drug-likeness (QED) is 0.588. The van der Waals surface area contributed by atoms with Gasteiger partial charge in [-0.2, -0.15) is 0 Å². The SMILES string of the molecule is CC([SiH3])OC1(C)CC2CCC1C2. The molecular formula is C10H20OSi. The number of ether oxygens (including phenoxy) is 1. The Bertz CT molecular complexity index is 181. The summed E-state index contributed by atoms with van der Waals surface area (Å²) in [7, 11) is 1.17. The standard InChI is InChI=1S/C10H20OSi/c1-7(12)11-10(2)6-8-3-4-9(10)5-8/h7-9H,3-6H2,1-2,12H3. The van der Waals surface area contributed by atoms with Crippen molar-refractivity contribution in [1.82, 2.24) is 0 Å². The number of hydrogen-bond acceptors (Lipinski definition) is 1. The van der Waals surface area contributed by atoms with Crippen LogP contribution < -0.4 is 0 Å². The highest BCUT2D eigenvalue weighted by molar-refractivity contribution is 6.10. The molecule has 12 heavy (non-hydrogen) atoms. The lowest BCUT2D eigenvalue weighted by Gasteiger charge is -2.35. The molecule has 0 spiro atoms. The van der Waals surface area contributed by atoms with Crippen molar-refractivity contribution in [3.05, 3.63) is 0 Å². The fraction of sp³-hybridized carbons (Fsp3) is 1.00. The summed E-state index contributed by atoms with van der Waals surface area (Å²) in [6.07, 6.45) is 5.68. The summed E-state index contributed by atoms with van der Waals surface area (Å²) in [5, 5.41) is 0. The van der Waals surface area contributed by atoms with Gasteiger partial charge in [0.15, 0.2) is 0 Å². The Balaban J connectivity index is 2.03. The van der Waals surface area contributed by atoms with Crippen molar-refractivity contribution in [3.63, 3.8) is 0 Å². The highest BCUT2D eigenvalue weighted by Crippen LogP contribution is 2.52. The maximum absolute atomic E-state index is 6.09. The number of fused-ring (bicyclic) bond motifs is 2. The fourth-order valence-corrected chi connectivity index (χ4v) is 3.78. The molecule has 4 unspecified atom stereocenters. The van der Waals surface area contributed by atoms with Gasteiger partial charge in [-0.1, -0.05) is 0 Å². The zero-order valence-corrected chi connectivity index (χ0v) is 10.5. The Kier molecular flexibility index (Phi) is 2.08. The van der Waals surface area contributed by atoms with Crippen LogP contribution in [-0.4, -0.2) is 21.6 Å². The molecule has 0 amide bonds. The van der Waals surface area contributed by atoms with Gasteiger partial charge in [-0.25, -0.2) is 0 Å². The molecule has 0 aliphatic heterocycles. The Hall–Kier alpha value is 0.177. The van der Waals surface area contributed by atoms with Crippen LogP contribution >= 0.6 is 0 Å². The summed E-state index contributed by atoms with van der Waals surface area (Å²) >= 11 is 0. The van der Waals surface area contributed by atoms with Crippen molar-refractivity contribution in [1.29, 1.82) is 0 Å². The average molecular weight is 184 g/mol. The van der Waals surface area contributed by atoms with E-state index in [1.165, 1.54) is 35.9 Å². The number of hydrogen-bond donors (Lipinski definition) is 0. The Morgan fingerprint density at radius 2 is 2.25 bits per heavy atom. The molecule has 2 bridgehead atoms. The van der Waals surface area contributed by atoms with Crippen molar-refractivity contribution in [2.75, 3.05) is 0 Å². The van der Waals surface area contributed by atoms with Crippen LogP contribution in [0.3, 0.4) is 0 Å². The average Bonchev–Trinajstić information content (AvgIpc) is 2.42. The van der Waals surface area contributed by atoms with Crippen molar-refractivity contribution >= 4 is 10.2 Å². The van der Waals surface area contributed by atoms with E-state index in [1.54, 1.807) is 0 Å². The fourth-order valence-electron chi connectivity index (χ4n) is 3.24. The van der Waals surface area contributed by atoms with Crippen LogP contribution in [0.1, 0.15) is 39.5 Å². The lowest BCUT2D eigenvalue weighted by Crippen LogP contribution is -2.38. The lowest BCUT2D eigenvalue weighted by atomic mass is 9.86. The molecule has 4 atom stereocenters. The molecule has 1 nitrogen and oxygen atoms in total. The summed E-state index contributed by atoms with van der Waals surface area (Å²) in [5.41, 5.74) is 0.804. The molecule has 0 aromatic rings. The molecule has 2 aliphatic rings. The van der Waals surface area contributed by atoms with Gasteiger partial charge in [0.05, 0.1) is 5.60 Å². The molecule has 0 heterocycles. The largest absolute Gasteiger partial charge is 0.376 e. The monoisotopic (exact) mass is 184 g/mol. The van der Waals surface area contributed by atoms with E-state index in [0.29, 0.717) is 5.73 Å². The van der Waals surface area contributed by atoms with Crippen LogP contribution in [0, 0.1) is 11.8 Å². The summed E-state index contributed by atoms with van der Waals surface area (Å²) in [6, 6.07) is 0. The van der Waals surface area contributed by atoms with E-state index in [2.05, 4.69) is 13.8 Å². The Morgan fingerprint density at radius 1 is 1.50 bits per heavy atom. The van der Waals surface area contributed by atoms with Crippen molar-refractivity contribution in [2.24, 2.45) is 11.8 Å². The molecule has 0 saturated heterocycles. The van der Waals surface area contributed by atoms with Crippen molar-refractivity contribution in [2.45, 2.75) is 50.9 Å². The minimum Gasteiger partial charge on any atom is -0.376 e. The second-order valence-electron chi connectivity index (χ2n) is 5.06. The van der Waals surface area contributed by atoms with E-state index in [0.717, 1.165) is 11.8 Å². The molecule has 0 aromatic heterocycles. The molecule has 2 saturated carbocycles. The molecular weight excluding hydrogens is 164 g/mol. The zero-order valence-electron chi connectivity index (χ0n) is 8.47. The van der Waals surface area contributed by atoms with Gasteiger partial charge < -0.3 is 4.74 Å². The van der Waals surface area contributed by atoms with E-state index >= 15 is 0 Å². The third-order valence-electron chi connectivity index (χ3n) is 3.60. The van der Waals surface area contributed by atoms with Crippen LogP contribution in [-0.2, 0) is 4.74 Å². The molecule has 2 aliphatic carbocycles. The molecule has 0 radical (unpaired) electrons. The first kappa shape index (κ1) is 8.76. The summed E-state index contributed by atoms with van der Waals surface area (Å²) in [6.45, 7) is 4.55. The maximum atomic E-state index is 6.09. The predicted molar refractivity (Wildman–Crippen MR) is 54.3 cm³/mol. The molecule has 0 aromatic carbocycles. The first-order valence-corrected chi connectivity index (χ1v) is 6.43. The summed E-state index contributed by atoms with van der Waals surface area (Å²) in [5.74, 6) is 1.89. The molecule has 2 fully saturated rings. The van der Waals surface area contributed by atoms with E-state index in [1.807, 2.05) is 0 Å². The van der Waals surface area contributed by atoms with E-state index in [-0.39, 0.29) is 5.60 Å². The van der Waals surface area contributed by atoms with Gasteiger partial charge in [0.1, 0.15) is 0 Å². The highest BCUT2D eigenvalue weighted by atomic mass is 28.1. The van der Waals surface area contributed by atoms with E-state index < -0.39 is 0 Å². The van der Waals surface area contributed by atoms with Gasteiger partial charge in [-0.3, -0.25) is 0 Å². The van der Waals surface area contributed by atoms with Crippen LogP contribution in [0.15, 0.2) is 0 Å². The van der Waals surface area contributed by atoms with Gasteiger partial charge in [0.25, 0.3) is 0 Å². The van der Waals surface area contributed by atoms with Gasteiger partial charge >= 0.3 is 0 Å². The zero-order chi connectivity index (χ0) is 8.77. The first-order valence-electron chi connectivity index (χ1n) is 5.28. The topological polar surface area (TPSA) is 9.23 Å². The predicted octanol–water partition coefficient (Wildman–Crippen LogP) is 1.29. The Labute approximate surface area is 78.3 Å². The van der Waals surface area contributed by atoms with E-state index in [4.69, 9.17) is 4.74 Å². The normalized spacial score (nSPS) is 48.5. The first-order chi connectivity index (χ1) is 5.60. The second kappa shape index (κ2) is 2.84. The lowest BCUT2D eigenvalue weighted by molar-refractivity contribution is -0.0794. The van der Waals surface area contributed by atoms with Crippen LogP contribution in [0.5, 0.6) is 0 Å². The van der Waals surface area contributed by atoms with Gasteiger partial charge in [0, 0.05) is 16.0 Å². The maximum Gasteiger partial charge on any atom is 0.0684 e. The molecule has 2 rings (SSSR count). The smallest absolute Gasteiger partial charge is 0.0684 e. The third kappa shape index (κ3) is 1.35. The van der Waals surface area contributed by atoms with Crippen LogP contribution in [0.2, 0.25) is 0 Å². The van der Waals surface area contributed by atoms with Crippen molar-refractivity contribution < 1.29 is 4.74 Å². The second-order valence-corrected chi connectivity index (χ2v) is 6.69. The van der Waals surface area contributed by atoms with Crippen LogP contribution in [0.25, 0.3) is 0 Å². The van der Waals surface area contributed by atoms with Crippen LogP contribution in [0.4, 0.5) is 0 Å². The number of rotatable bonds is 2. The summed E-state index contributed by atoms with van der Waals surface area (Å²) in [4.78, 5) is 0. The van der Waals surface area contributed by atoms with Gasteiger partial charge in [-0.15, -0.1) is 0 Å². The minimum absolute atomic E-state index is 0.268. The summed E-state index contributed by atoms with van der Waals surface area (Å²) < 4.78 is 6.09. The van der Waals surface area contributed by atoms with Gasteiger partial charge in [0.2, 0.25) is 0 Å². The van der Waals surface area contributed by atoms with Gasteiger partial charge in [-0.05, 0) is 51.4 Å². The Morgan fingerprint density at radius 3 is 2.67 bits per heavy atom. The van der Waals surface area contributed by atoms with Crippen molar-refractivity contribution in [3.8, 4) is 0 Å². The highest BCUT2D eigenvalue weighted by Gasteiger charge is 2.48. The third-order valence-corrected chi connectivity index (χ3v) is 3.84. The molecule has 2 heteroatoms.